The summed E-state index contributed by atoms with van der Waals surface area (Å²) < 4.78 is 4.84. The number of hydrogen-bond donors (Lipinski definition) is 0. The van der Waals surface area contributed by atoms with Crippen LogP contribution in [0.25, 0.3) is 0 Å². The van der Waals surface area contributed by atoms with Crippen molar-refractivity contribution in [2.45, 2.75) is 52.4 Å². The Morgan fingerprint density at radius 1 is 1.06 bits per heavy atom. The normalized spacial score (nSPS) is 11.4. The zero-order valence-corrected chi connectivity index (χ0v) is 10.6. The SMILES string of the molecule is CCCC/C=C/C=C/CCCCOC(C)=O. The van der Waals surface area contributed by atoms with Crippen molar-refractivity contribution in [1.29, 1.82) is 0 Å². The van der Waals surface area contributed by atoms with Gasteiger partial charge in [0.15, 0.2) is 0 Å². The molecule has 92 valence electrons. The molecule has 0 aromatic heterocycles. The highest BCUT2D eigenvalue weighted by atomic mass is 16.5. The lowest BCUT2D eigenvalue weighted by Gasteiger charge is -1.98. The lowest BCUT2D eigenvalue weighted by atomic mass is 10.2. The van der Waals surface area contributed by atoms with Crippen molar-refractivity contribution in [3.05, 3.63) is 24.3 Å². The van der Waals surface area contributed by atoms with Gasteiger partial charge in [-0.3, -0.25) is 4.79 Å². The maximum Gasteiger partial charge on any atom is 0.302 e. The first-order chi connectivity index (χ1) is 7.77. The molecule has 2 heteroatoms. The molecule has 0 aliphatic heterocycles. The second kappa shape index (κ2) is 12.0. The van der Waals surface area contributed by atoms with Gasteiger partial charge in [-0.15, -0.1) is 0 Å². The van der Waals surface area contributed by atoms with Gasteiger partial charge in [0.25, 0.3) is 0 Å². The summed E-state index contributed by atoms with van der Waals surface area (Å²) in [6.07, 6.45) is 15.4. The number of ether oxygens (including phenoxy) is 1. The maximum absolute atomic E-state index is 10.5. The zero-order valence-electron chi connectivity index (χ0n) is 10.6. The van der Waals surface area contributed by atoms with E-state index in [1.54, 1.807) is 0 Å². The molecule has 0 rings (SSSR count). The molecule has 0 aliphatic rings. The summed E-state index contributed by atoms with van der Waals surface area (Å²) in [7, 11) is 0. The van der Waals surface area contributed by atoms with Crippen LogP contribution in [0.15, 0.2) is 24.3 Å². The highest BCUT2D eigenvalue weighted by Gasteiger charge is 1.90. The van der Waals surface area contributed by atoms with Gasteiger partial charge >= 0.3 is 5.97 Å². The van der Waals surface area contributed by atoms with Crippen molar-refractivity contribution in [3.63, 3.8) is 0 Å². The van der Waals surface area contributed by atoms with Gasteiger partial charge < -0.3 is 4.74 Å². The molecule has 0 heterocycles. The van der Waals surface area contributed by atoms with E-state index in [1.807, 2.05) is 0 Å². The van der Waals surface area contributed by atoms with Crippen LogP contribution in [0.5, 0.6) is 0 Å². The fourth-order valence-corrected chi connectivity index (χ4v) is 1.25. The largest absolute Gasteiger partial charge is 0.466 e. The standard InChI is InChI=1S/C14H24O2/c1-3-4-5-6-7-8-9-10-11-12-13-16-14(2)15/h6-9H,3-5,10-13H2,1-2H3/b7-6+,9-8+. The Balaban J connectivity index is 3.21. The number of carbonyl (C=O) groups is 1. The smallest absolute Gasteiger partial charge is 0.302 e. The number of esters is 1. The lowest BCUT2D eigenvalue weighted by molar-refractivity contribution is -0.141. The minimum atomic E-state index is -0.186. The molecule has 0 spiro atoms. The number of unbranched alkanes of at least 4 members (excludes halogenated alkanes) is 4. The van der Waals surface area contributed by atoms with Crippen molar-refractivity contribution in [3.8, 4) is 0 Å². The van der Waals surface area contributed by atoms with Crippen LogP contribution in [0, 0.1) is 0 Å². The van der Waals surface area contributed by atoms with Gasteiger partial charge in [0.2, 0.25) is 0 Å². The van der Waals surface area contributed by atoms with Gasteiger partial charge in [-0.25, -0.2) is 0 Å². The van der Waals surface area contributed by atoms with Gasteiger partial charge in [-0.1, -0.05) is 44.1 Å². The quantitative estimate of drug-likeness (QED) is 0.336. The fourth-order valence-electron chi connectivity index (χ4n) is 1.25. The van der Waals surface area contributed by atoms with Crippen LogP contribution < -0.4 is 0 Å². The van der Waals surface area contributed by atoms with E-state index >= 15 is 0 Å². The summed E-state index contributed by atoms with van der Waals surface area (Å²) in [5.74, 6) is -0.186. The molecular formula is C14H24O2. The van der Waals surface area contributed by atoms with Crippen LogP contribution in [-0.2, 0) is 9.53 Å². The predicted octanol–water partition coefficient (Wildman–Crippen LogP) is 4.02. The number of allylic oxidation sites excluding steroid dienone is 4. The molecule has 0 aromatic carbocycles. The van der Waals surface area contributed by atoms with Crippen molar-refractivity contribution in [1.82, 2.24) is 0 Å². The summed E-state index contributed by atoms with van der Waals surface area (Å²) in [4.78, 5) is 10.5. The Morgan fingerprint density at radius 2 is 1.69 bits per heavy atom. The predicted molar refractivity (Wildman–Crippen MR) is 68.3 cm³/mol. The van der Waals surface area contributed by atoms with E-state index < -0.39 is 0 Å². The van der Waals surface area contributed by atoms with Crippen LogP contribution in [0.2, 0.25) is 0 Å². The van der Waals surface area contributed by atoms with E-state index in [0.29, 0.717) is 6.61 Å². The second-order valence-corrected chi connectivity index (χ2v) is 3.83. The first-order valence-electron chi connectivity index (χ1n) is 6.22. The fraction of sp³-hybridized carbons (Fsp3) is 0.643. The zero-order chi connectivity index (χ0) is 12.1. The third-order valence-corrected chi connectivity index (χ3v) is 2.18. The Labute approximate surface area is 99.4 Å². The molecule has 0 N–H and O–H groups in total. The Morgan fingerprint density at radius 3 is 2.25 bits per heavy atom. The van der Waals surface area contributed by atoms with Crippen LogP contribution in [0.4, 0.5) is 0 Å². The molecule has 2 nitrogen and oxygen atoms in total. The molecule has 0 atom stereocenters. The van der Waals surface area contributed by atoms with Crippen molar-refractivity contribution in [2.24, 2.45) is 0 Å². The van der Waals surface area contributed by atoms with E-state index in [9.17, 15) is 4.79 Å². The minimum absolute atomic E-state index is 0.186. The van der Waals surface area contributed by atoms with Gasteiger partial charge in [-0.05, 0) is 25.7 Å². The molecule has 0 aliphatic carbocycles. The lowest BCUT2D eigenvalue weighted by Crippen LogP contribution is -1.99. The second-order valence-electron chi connectivity index (χ2n) is 3.83. The van der Waals surface area contributed by atoms with Crippen LogP contribution in [-0.4, -0.2) is 12.6 Å². The first-order valence-corrected chi connectivity index (χ1v) is 6.22. The average Bonchev–Trinajstić information content (AvgIpc) is 2.25. The van der Waals surface area contributed by atoms with Gasteiger partial charge in [0.05, 0.1) is 6.61 Å². The van der Waals surface area contributed by atoms with Crippen molar-refractivity contribution in [2.75, 3.05) is 6.61 Å². The third kappa shape index (κ3) is 12.9. The van der Waals surface area contributed by atoms with E-state index in [4.69, 9.17) is 4.74 Å². The molecule has 0 unspecified atom stereocenters. The maximum atomic E-state index is 10.5. The van der Waals surface area contributed by atoms with E-state index in [-0.39, 0.29) is 5.97 Å². The molecule has 0 amide bonds. The van der Waals surface area contributed by atoms with E-state index in [2.05, 4.69) is 31.2 Å². The van der Waals surface area contributed by atoms with Crippen LogP contribution in [0.1, 0.15) is 52.4 Å². The average molecular weight is 224 g/mol. The summed E-state index contributed by atoms with van der Waals surface area (Å²) in [6.45, 7) is 4.20. The van der Waals surface area contributed by atoms with Crippen molar-refractivity contribution >= 4 is 5.97 Å². The molecule has 0 aromatic rings. The molecule has 0 radical (unpaired) electrons. The number of hydrogen-bond acceptors (Lipinski definition) is 2. The number of carbonyl (C=O) groups excluding carboxylic acids is 1. The molecular weight excluding hydrogens is 200 g/mol. The van der Waals surface area contributed by atoms with Crippen molar-refractivity contribution < 1.29 is 9.53 Å². The summed E-state index contributed by atoms with van der Waals surface area (Å²) in [6, 6.07) is 0. The monoisotopic (exact) mass is 224 g/mol. The Kier molecular flexibility index (Phi) is 11.2. The Bertz CT molecular complexity index is 217. The molecule has 16 heavy (non-hydrogen) atoms. The molecule has 0 fully saturated rings. The summed E-state index contributed by atoms with van der Waals surface area (Å²) in [5.41, 5.74) is 0. The Hall–Kier alpha value is -1.05. The third-order valence-electron chi connectivity index (χ3n) is 2.18. The van der Waals surface area contributed by atoms with Gasteiger partial charge in [0, 0.05) is 6.92 Å². The van der Waals surface area contributed by atoms with Gasteiger partial charge in [0.1, 0.15) is 0 Å². The summed E-state index contributed by atoms with van der Waals surface area (Å²) >= 11 is 0. The van der Waals surface area contributed by atoms with Crippen LogP contribution in [0.3, 0.4) is 0 Å². The van der Waals surface area contributed by atoms with E-state index in [1.165, 1.54) is 26.2 Å². The molecule has 0 bridgehead atoms. The molecule has 0 saturated carbocycles. The highest BCUT2D eigenvalue weighted by Crippen LogP contribution is 1.99. The minimum Gasteiger partial charge on any atom is -0.466 e. The first kappa shape index (κ1) is 14.9. The topological polar surface area (TPSA) is 26.3 Å². The summed E-state index contributed by atoms with van der Waals surface area (Å²) in [5, 5.41) is 0. The van der Waals surface area contributed by atoms with E-state index in [0.717, 1.165) is 19.3 Å². The highest BCUT2D eigenvalue weighted by molar-refractivity contribution is 5.65. The number of rotatable bonds is 9. The van der Waals surface area contributed by atoms with Gasteiger partial charge in [-0.2, -0.15) is 0 Å². The molecule has 0 saturated heterocycles. The van der Waals surface area contributed by atoms with Crippen LogP contribution >= 0.6 is 0 Å².